The zero-order chi connectivity index (χ0) is 5.70. The molecule has 0 radical (unpaired) electrons. The van der Waals surface area contributed by atoms with Crippen molar-refractivity contribution in [2.24, 2.45) is 0 Å². The van der Waals surface area contributed by atoms with Gasteiger partial charge >= 0.3 is 0 Å². The Labute approximate surface area is 77.8 Å². The predicted octanol–water partition coefficient (Wildman–Crippen LogP) is 0.787. The zero-order valence-electron chi connectivity index (χ0n) is 4.55. The molecule has 0 heterocycles. The first-order valence-corrected chi connectivity index (χ1v) is 2.20. The van der Waals surface area contributed by atoms with Crippen molar-refractivity contribution in [3.63, 3.8) is 0 Å². The van der Waals surface area contributed by atoms with E-state index in [1.807, 2.05) is 6.92 Å². The summed E-state index contributed by atoms with van der Waals surface area (Å²) in [4.78, 5) is 9.93. The van der Waals surface area contributed by atoms with E-state index in [1.54, 1.807) is 0 Å². The van der Waals surface area contributed by atoms with Crippen LogP contribution in [0.25, 0.3) is 0 Å². The summed E-state index contributed by atoms with van der Waals surface area (Å²) in [6, 6.07) is 0. The molecule has 2 nitrogen and oxygen atoms in total. The van der Waals surface area contributed by atoms with Gasteiger partial charge in [-0.2, -0.15) is 5.54 Å². The molecule has 0 aromatic carbocycles. The van der Waals surface area contributed by atoms with Crippen LogP contribution < -0.4 is 5.54 Å². The number of rotatable bonds is 2. The number of amides is 1. The molecule has 0 spiro atoms. The van der Waals surface area contributed by atoms with Crippen molar-refractivity contribution in [2.45, 2.75) is 19.8 Å². The normalized spacial score (nSPS) is 7.25. The van der Waals surface area contributed by atoms with Crippen LogP contribution in [0.2, 0.25) is 0 Å². The van der Waals surface area contributed by atoms with E-state index < -0.39 is 5.91 Å². The molecule has 1 amide bonds. The topological polar surface area (TPSA) is 29.1 Å². The van der Waals surface area contributed by atoms with Crippen molar-refractivity contribution in [3.8, 4) is 0 Å². The van der Waals surface area contributed by atoms with Gasteiger partial charge in [-0.25, -0.2) is 0 Å². The van der Waals surface area contributed by atoms with Gasteiger partial charge < -0.3 is 0 Å². The molecule has 0 aliphatic rings. The van der Waals surface area contributed by atoms with Crippen molar-refractivity contribution >= 4 is 5.91 Å². The first-order valence-electron chi connectivity index (χ1n) is 2.20. The molecule has 1 N–H and O–H groups in total. The monoisotopic (exact) mass is 145 g/mol. The van der Waals surface area contributed by atoms with E-state index >= 15 is 0 Å². The van der Waals surface area contributed by atoms with Crippen molar-refractivity contribution in [2.75, 3.05) is 0 Å². The van der Waals surface area contributed by atoms with Crippen LogP contribution in [0.15, 0.2) is 0 Å². The number of nitrogens with one attached hydrogen (secondary N) is 1. The van der Waals surface area contributed by atoms with Gasteiger partial charge in [0.25, 0.3) is 0 Å². The molecule has 0 aliphatic carbocycles. The summed E-state index contributed by atoms with van der Waals surface area (Å²) < 4.78 is 11.0. The maximum Gasteiger partial charge on any atom is 0.247 e. The Morgan fingerprint density at radius 3 is 2.38 bits per heavy atom. The standard InChI is InChI=1S/C4H8FNO.Ar/c1-2-3-4(7)6-5;/h2-3H2,1H3,(H,6,7);. The Morgan fingerprint density at radius 1 is 1.75 bits per heavy atom. The maximum absolute atomic E-state index is 11.0. The van der Waals surface area contributed by atoms with Gasteiger partial charge in [0.05, 0.1) is 0 Å². The molecule has 0 saturated carbocycles. The van der Waals surface area contributed by atoms with Gasteiger partial charge in [-0.3, -0.25) is 4.79 Å². The number of hydrogen-bond acceptors (Lipinski definition) is 1. The second-order valence-corrected chi connectivity index (χ2v) is 1.27. The summed E-state index contributed by atoms with van der Waals surface area (Å²) in [5.74, 6) is -0.539. The smallest absolute Gasteiger partial charge is 0.247 e. The molecular formula is C4H8ArFNO. The van der Waals surface area contributed by atoms with Gasteiger partial charge in [0, 0.05) is 44.2 Å². The van der Waals surface area contributed by atoms with Gasteiger partial charge in [-0.1, -0.05) is 6.92 Å². The molecule has 0 fully saturated rings. The molecule has 0 rings (SSSR count). The molecule has 0 bridgehead atoms. The third-order valence-electron chi connectivity index (χ3n) is 0.582. The Morgan fingerprint density at radius 2 is 2.25 bits per heavy atom. The third-order valence-corrected chi connectivity index (χ3v) is 0.582. The van der Waals surface area contributed by atoms with Crippen LogP contribution >= 0.6 is 0 Å². The van der Waals surface area contributed by atoms with E-state index in [0.29, 0.717) is 6.42 Å². The Hall–Kier alpha value is 0.660. The van der Waals surface area contributed by atoms with Gasteiger partial charge in [0.1, 0.15) is 0 Å². The summed E-state index contributed by atoms with van der Waals surface area (Å²) in [5.41, 5.74) is 1.03. The molecule has 0 aromatic rings. The second kappa shape index (κ2) is 7.66. The summed E-state index contributed by atoms with van der Waals surface area (Å²) in [5, 5.41) is 0. The largest absolute Gasteiger partial charge is 0.273 e. The van der Waals surface area contributed by atoms with Crippen molar-refractivity contribution in [1.82, 2.24) is 5.54 Å². The van der Waals surface area contributed by atoms with Crippen LogP contribution in [0.1, 0.15) is 19.8 Å². The molecule has 0 aliphatic heterocycles. The average molecular weight is 145 g/mol. The minimum Gasteiger partial charge on any atom is -0.273 e. The zero-order valence-corrected chi connectivity index (χ0v) is 5.26. The Bertz CT molecular complexity index is 69.1. The van der Waals surface area contributed by atoms with E-state index in [0.717, 1.165) is 5.54 Å². The molecule has 0 aromatic heterocycles. The van der Waals surface area contributed by atoms with Crippen LogP contribution in [0.5, 0.6) is 0 Å². The molecule has 8 heavy (non-hydrogen) atoms. The Kier molecular flexibility index (Phi) is 11.0. The van der Waals surface area contributed by atoms with Gasteiger partial charge in [-0.05, 0) is 6.42 Å². The van der Waals surface area contributed by atoms with Gasteiger partial charge in [0.15, 0.2) is 0 Å². The SMILES string of the molecule is CCCC(=O)NF.[Ar]. The third kappa shape index (κ3) is 6.66. The molecule has 0 unspecified atom stereocenters. The summed E-state index contributed by atoms with van der Waals surface area (Å²) in [6.45, 7) is 1.81. The number of carbonyl (C=O) groups is 1. The van der Waals surface area contributed by atoms with Crippen LogP contribution in [-0.4, -0.2) is 5.91 Å². The van der Waals surface area contributed by atoms with Gasteiger partial charge in [-0.15, -0.1) is 4.48 Å². The van der Waals surface area contributed by atoms with E-state index in [1.165, 1.54) is 0 Å². The first-order chi connectivity index (χ1) is 3.31. The summed E-state index contributed by atoms with van der Waals surface area (Å²) >= 11 is 0. The van der Waals surface area contributed by atoms with E-state index in [-0.39, 0.29) is 44.2 Å². The summed E-state index contributed by atoms with van der Waals surface area (Å²) in [7, 11) is 0. The van der Waals surface area contributed by atoms with E-state index in [4.69, 9.17) is 0 Å². The molecule has 4 heteroatoms. The number of halogens is 1. The average Bonchev–Trinajstić information content (AvgIpc) is 1.68. The van der Waals surface area contributed by atoms with E-state index in [2.05, 4.69) is 0 Å². The molecule has 0 atom stereocenters. The fourth-order valence-electron chi connectivity index (χ4n) is 0.274. The van der Waals surface area contributed by atoms with Crippen molar-refractivity contribution in [3.05, 3.63) is 0 Å². The van der Waals surface area contributed by atoms with Crippen LogP contribution in [0, 0.1) is 37.7 Å². The number of hydrogen-bond donors (Lipinski definition) is 1. The molecule has 0 saturated heterocycles. The Balaban J connectivity index is 0. The second-order valence-electron chi connectivity index (χ2n) is 1.27. The van der Waals surface area contributed by atoms with Crippen molar-refractivity contribution in [1.29, 1.82) is 0 Å². The quantitative estimate of drug-likeness (QED) is 0.571. The molecule has 50 valence electrons. The minimum absolute atomic E-state index is 0. The van der Waals surface area contributed by atoms with Crippen LogP contribution in [0.3, 0.4) is 0 Å². The number of carbonyl (C=O) groups excluding carboxylic acids is 1. The predicted molar refractivity (Wildman–Crippen MR) is 24.2 cm³/mol. The summed E-state index contributed by atoms with van der Waals surface area (Å²) in [6.07, 6.45) is 0.965. The van der Waals surface area contributed by atoms with E-state index in [9.17, 15) is 9.28 Å². The maximum atomic E-state index is 11.0. The minimum atomic E-state index is -0.539. The fraction of sp³-hybridized carbons (Fsp3) is 0.750. The van der Waals surface area contributed by atoms with Crippen LogP contribution in [-0.2, 0) is 4.79 Å². The first kappa shape index (κ1) is 11.5. The fourth-order valence-corrected chi connectivity index (χ4v) is 0.274. The van der Waals surface area contributed by atoms with Crippen LogP contribution in [0.4, 0.5) is 4.48 Å². The van der Waals surface area contributed by atoms with Gasteiger partial charge in [0.2, 0.25) is 5.91 Å². The van der Waals surface area contributed by atoms with Crippen molar-refractivity contribution < 1.29 is 47.0 Å². The molecular weight excluding hydrogens is 137 g/mol.